The molecule has 0 atom stereocenters. The van der Waals surface area contributed by atoms with E-state index in [1.807, 2.05) is 0 Å². The van der Waals surface area contributed by atoms with E-state index in [1.54, 1.807) is 0 Å². The molecule has 0 aromatic heterocycles. The predicted octanol–water partition coefficient (Wildman–Crippen LogP) is 9.01. The van der Waals surface area contributed by atoms with E-state index in [0.717, 1.165) is 11.4 Å². The summed E-state index contributed by atoms with van der Waals surface area (Å²) in [6.45, 7) is 27.1. The molecule has 2 aromatic rings. The Labute approximate surface area is 190 Å². The minimum atomic E-state index is 0.0513. The lowest BCUT2D eigenvalue weighted by molar-refractivity contribution is 0.530. The predicted molar refractivity (Wildman–Crippen MR) is 137 cm³/mol. The third-order valence-corrected chi connectivity index (χ3v) is 5.60. The van der Waals surface area contributed by atoms with Gasteiger partial charge in [-0.2, -0.15) is 9.98 Å². The quantitative estimate of drug-likeness (QED) is 0.435. The van der Waals surface area contributed by atoms with E-state index in [2.05, 4.69) is 135 Å². The monoisotopic (exact) mass is 418 g/mol. The molecule has 168 valence electrons. The van der Waals surface area contributed by atoms with Gasteiger partial charge in [-0.05, 0) is 68.2 Å². The molecule has 2 aromatic carbocycles. The Bertz CT molecular complexity index is 911. The minimum Gasteiger partial charge on any atom is -0.188 e. The molecular formula is C29H42N2. The summed E-state index contributed by atoms with van der Waals surface area (Å²) in [6.07, 6.45) is 0. The van der Waals surface area contributed by atoms with Crippen molar-refractivity contribution in [1.29, 1.82) is 0 Å². The van der Waals surface area contributed by atoms with Crippen LogP contribution in [0, 0.1) is 0 Å². The van der Waals surface area contributed by atoms with Gasteiger partial charge in [0, 0.05) is 0 Å². The summed E-state index contributed by atoms with van der Waals surface area (Å²) in [5.74, 6) is 0. The van der Waals surface area contributed by atoms with E-state index < -0.39 is 0 Å². The summed E-state index contributed by atoms with van der Waals surface area (Å²) in [5.41, 5.74) is 7.46. The standard InChI is InChI=1S/C29H42N2/c1-26(2,3)22-15-13-20(17-24(22)28(7,8)9)30-19-31-21-14-16-23(27(4,5)6)25(18-21)29(10,11)12/h13-18H,1-12H3. The van der Waals surface area contributed by atoms with Crippen molar-refractivity contribution in [3.63, 3.8) is 0 Å². The van der Waals surface area contributed by atoms with Gasteiger partial charge in [0.05, 0.1) is 11.4 Å². The molecule has 0 aliphatic carbocycles. The van der Waals surface area contributed by atoms with E-state index in [4.69, 9.17) is 0 Å². The lowest BCUT2D eigenvalue weighted by Crippen LogP contribution is -2.21. The topological polar surface area (TPSA) is 24.7 Å². The van der Waals surface area contributed by atoms with Crippen LogP contribution in [0.2, 0.25) is 0 Å². The average molecular weight is 419 g/mol. The molecule has 0 fully saturated rings. The van der Waals surface area contributed by atoms with Crippen molar-refractivity contribution in [3.05, 3.63) is 58.7 Å². The van der Waals surface area contributed by atoms with Crippen molar-refractivity contribution >= 4 is 17.4 Å². The molecule has 2 nitrogen and oxygen atoms in total. The normalized spacial score (nSPS) is 13.0. The zero-order valence-corrected chi connectivity index (χ0v) is 21.9. The van der Waals surface area contributed by atoms with Gasteiger partial charge in [0.1, 0.15) is 6.01 Å². The summed E-state index contributed by atoms with van der Waals surface area (Å²) < 4.78 is 0. The highest BCUT2D eigenvalue weighted by Crippen LogP contribution is 2.37. The van der Waals surface area contributed by atoms with Crippen LogP contribution in [-0.4, -0.2) is 6.01 Å². The maximum atomic E-state index is 4.55. The molecular weight excluding hydrogens is 376 g/mol. The van der Waals surface area contributed by atoms with E-state index in [-0.39, 0.29) is 21.7 Å². The SMILES string of the molecule is CC(C)(C)c1ccc(N=C=Nc2ccc(C(C)(C)C)c(C(C)(C)C)c2)cc1C(C)(C)C. The van der Waals surface area contributed by atoms with Gasteiger partial charge < -0.3 is 0 Å². The van der Waals surface area contributed by atoms with Crippen LogP contribution in [0.1, 0.15) is 105 Å². The lowest BCUT2D eigenvalue weighted by Gasteiger charge is -2.30. The fraction of sp³-hybridized carbons (Fsp3) is 0.552. The van der Waals surface area contributed by atoms with Crippen LogP contribution in [0.25, 0.3) is 0 Å². The molecule has 0 saturated heterocycles. The molecule has 0 aliphatic heterocycles. The first-order chi connectivity index (χ1) is 13.9. The van der Waals surface area contributed by atoms with Crippen molar-refractivity contribution in [3.8, 4) is 0 Å². The molecule has 2 rings (SSSR count). The smallest absolute Gasteiger partial charge is 0.100 e. The highest BCUT2D eigenvalue weighted by molar-refractivity contribution is 5.61. The van der Waals surface area contributed by atoms with Gasteiger partial charge in [0.15, 0.2) is 0 Å². The van der Waals surface area contributed by atoms with Crippen LogP contribution in [0.5, 0.6) is 0 Å². The van der Waals surface area contributed by atoms with Crippen LogP contribution in [0.15, 0.2) is 46.4 Å². The van der Waals surface area contributed by atoms with Crippen LogP contribution >= 0.6 is 0 Å². The van der Waals surface area contributed by atoms with Crippen molar-refractivity contribution < 1.29 is 0 Å². The molecule has 31 heavy (non-hydrogen) atoms. The minimum absolute atomic E-state index is 0.0513. The summed E-state index contributed by atoms with van der Waals surface area (Å²) >= 11 is 0. The Hall–Kier alpha value is -2.18. The molecule has 0 amide bonds. The Morgan fingerprint density at radius 1 is 0.452 bits per heavy atom. The van der Waals surface area contributed by atoms with Crippen LogP contribution in [0.4, 0.5) is 11.4 Å². The molecule has 0 unspecified atom stereocenters. The zero-order chi connectivity index (χ0) is 23.8. The van der Waals surface area contributed by atoms with Crippen molar-refractivity contribution in [2.75, 3.05) is 0 Å². The Morgan fingerprint density at radius 3 is 1.00 bits per heavy atom. The first-order valence-corrected chi connectivity index (χ1v) is 11.4. The van der Waals surface area contributed by atoms with Gasteiger partial charge in [0.2, 0.25) is 0 Å². The summed E-state index contributed by atoms with van der Waals surface area (Å²) in [7, 11) is 0. The van der Waals surface area contributed by atoms with Crippen LogP contribution in [-0.2, 0) is 21.7 Å². The molecule has 0 heterocycles. The molecule has 0 bridgehead atoms. The second-order valence-electron chi connectivity index (χ2n) is 12.8. The average Bonchev–Trinajstić information content (AvgIpc) is 2.58. The summed E-state index contributed by atoms with van der Waals surface area (Å²) in [5, 5.41) is 0. The number of hydrogen-bond donors (Lipinski definition) is 0. The van der Waals surface area contributed by atoms with E-state index in [0.29, 0.717) is 0 Å². The fourth-order valence-corrected chi connectivity index (χ4v) is 3.89. The highest BCUT2D eigenvalue weighted by atomic mass is 14.8. The van der Waals surface area contributed by atoms with Gasteiger partial charge in [-0.15, -0.1) is 0 Å². The third kappa shape index (κ3) is 6.40. The van der Waals surface area contributed by atoms with Crippen LogP contribution < -0.4 is 0 Å². The number of aliphatic imine (C=N–C) groups is 2. The second kappa shape index (κ2) is 8.40. The number of rotatable bonds is 2. The molecule has 0 aliphatic rings. The lowest BCUT2D eigenvalue weighted by atomic mass is 9.75. The summed E-state index contributed by atoms with van der Waals surface area (Å²) in [6, 6.07) is 15.9. The van der Waals surface area contributed by atoms with E-state index in [9.17, 15) is 0 Å². The summed E-state index contributed by atoms with van der Waals surface area (Å²) in [4.78, 5) is 9.09. The van der Waals surface area contributed by atoms with Crippen molar-refractivity contribution in [1.82, 2.24) is 0 Å². The maximum Gasteiger partial charge on any atom is 0.100 e. The molecule has 0 saturated carbocycles. The number of hydrogen-bond acceptors (Lipinski definition) is 2. The zero-order valence-electron chi connectivity index (χ0n) is 21.9. The van der Waals surface area contributed by atoms with Gasteiger partial charge in [-0.1, -0.05) is 95.2 Å². The third-order valence-electron chi connectivity index (χ3n) is 5.60. The fourth-order valence-electron chi connectivity index (χ4n) is 3.89. The Morgan fingerprint density at radius 2 is 0.742 bits per heavy atom. The first kappa shape index (κ1) is 25.1. The van der Waals surface area contributed by atoms with Gasteiger partial charge in [0.25, 0.3) is 0 Å². The van der Waals surface area contributed by atoms with Crippen LogP contribution in [0.3, 0.4) is 0 Å². The highest BCUT2D eigenvalue weighted by Gasteiger charge is 2.26. The molecule has 2 heteroatoms. The largest absolute Gasteiger partial charge is 0.188 e. The molecule has 0 spiro atoms. The Balaban J connectivity index is 2.48. The van der Waals surface area contributed by atoms with Gasteiger partial charge in [-0.25, -0.2) is 0 Å². The van der Waals surface area contributed by atoms with Crippen molar-refractivity contribution in [2.45, 2.75) is 105 Å². The second-order valence-corrected chi connectivity index (χ2v) is 12.8. The molecule has 0 N–H and O–H groups in total. The number of nitrogens with zero attached hydrogens (tertiary/aromatic N) is 2. The molecule has 0 radical (unpaired) electrons. The van der Waals surface area contributed by atoms with Crippen molar-refractivity contribution in [2.24, 2.45) is 9.98 Å². The van der Waals surface area contributed by atoms with Gasteiger partial charge in [-0.3, -0.25) is 0 Å². The van der Waals surface area contributed by atoms with E-state index in [1.165, 1.54) is 22.3 Å². The van der Waals surface area contributed by atoms with Gasteiger partial charge >= 0.3 is 0 Å². The van der Waals surface area contributed by atoms with E-state index >= 15 is 0 Å². The Kier molecular flexibility index (Phi) is 6.79. The number of benzene rings is 2. The first-order valence-electron chi connectivity index (χ1n) is 11.4. The maximum absolute atomic E-state index is 4.55.